The van der Waals surface area contributed by atoms with Crippen LogP contribution in [0.4, 0.5) is 11.8 Å². The third-order valence-electron chi connectivity index (χ3n) is 9.45. The van der Waals surface area contributed by atoms with Crippen LogP contribution in [0.3, 0.4) is 0 Å². The smallest absolute Gasteiger partial charge is 0.254 e. The van der Waals surface area contributed by atoms with Crippen molar-refractivity contribution in [3.63, 3.8) is 0 Å². The van der Waals surface area contributed by atoms with Gasteiger partial charge in [-0.15, -0.1) is 0 Å². The third kappa shape index (κ3) is 4.05. The minimum atomic E-state index is 0.0730. The molecule has 4 aliphatic rings. The standard InChI is InChI=1S/C28H36N8O2/c1-38-23-7-18(26(37)35-14-20-11-30-12-21(20)15-35)3-4-19(23)16-36-24-22(13-32-36)33-27(29)34-25(24)31-10-17-8-28(9-17)5-2-6-28/h3-4,7,13,17,20-21,30H,2,5-6,8-12,14-16H2,1H3,(H3,29,31,33,34)/t20-,21+. The highest BCUT2D eigenvalue weighted by Crippen LogP contribution is 2.58. The van der Waals surface area contributed by atoms with Gasteiger partial charge in [0.1, 0.15) is 16.8 Å². The number of aromatic nitrogens is 4. The minimum Gasteiger partial charge on any atom is -0.496 e. The predicted octanol–water partition coefficient (Wildman–Crippen LogP) is 2.75. The lowest BCUT2D eigenvalue weighted by Gasteiger charge is -2.54. The maximum Gasteiger partial charge on any atom is 0.254 e. The predicted molar refractivity (Wildman–Crippen MR) is 145 cm³/mol. The first-order valence-corrected chi connectivity index (χ1v) is 13.9. The Morgan fingerprint density at radius 1 is 1.21 bits per heavy atom. The number of nitrogens with two attached hydrogens (primary N) is 1. The molecular weight excluding hydrogens is 480 g/mol. The van der Waals surface area contributed by atoms with E-state index in [9.17, 15) is 4.79 Å². The average Bonchev–Trinajstić information content (AvgIpc) is 3.57. The molecule has 2 aliphatic carbocycles. The van der Waals surface area contributed by atoms with Crippen molar-refractivity contribution in [3.8, 4) is 5.75 Å². The zero-order valence-corrected chi connectivity index (χ0v) is 21.9. The number of amides is 1. The zero-order chi connectivity index (χ0) is 25.9. The summed E-state index contributed by atoms with van der Waals surface area (Å²) in [5.74, 6) is 3.52. The first-order chi connectivity index (χ1) is 18.5. The highest BCUT2D eigenvalue weighted by atomic mass is 16.5. The van der Waals surface area contributed by atoms with E-state index in [1.165, 1.54) is 32.1 Å². The number of nitrogens with zero attached hydrogens (tertiary/aromatic N) is 5. The maximum absolute atomic E-state index is 13.2. The van der Waals surface area contributed by atoms with E-state index < -0.39 is 0 Å². The summed E-state index contributed by atoms with van der Waals surface area (Å²) >= 11 is 0. The fourth-order valence-corrected chi connectivity index (χ4v) is 7.27. The molecule has 3 aromatic rings. The lowest BCUT2D eigenvalue weighted by Crippen LogP contribution is -2.45. The third-order valence-corrected chi connectivity index (χ3v) is 9.45. The van der Waals surface area contributed by atoms with Crippen molar-refractivity contribution in [2.75, 3.05) is 50.9 Å². The van der Waals surface area contributed by atoms with Crippen molar-refractivity contribution in [1.29, 1.82) is 0 Å². The molecule has 7 rings (SSSR count). The largest absolute Gasteiger partial charge is 0.496 e. The summed E-state index contributed by atoms with van der Waals surface area (Å²) in [7, 11) is 1.64. The van der Waals surface area contributed by atoms with Crippen LogP contribution in [0.25, 0.3) is 11.0 Å². The fourth-order valence-electron chi connectivity index (χ4n) is 7.27. The number of anilines is 2. The quantitative estimate of drug-likeness (QED) is 0.438. The van der Waals surface area contributed by atoms with Gasteiger partial charge in [0, 0.05) is 43.9 Å². The Hall–Kier alpha value is -3.40. The zero-order valence-electron chi connectivity index (χ0n) is 21.9. The van der Waals surface area contributed by atoms with E-state index in [1.54, 1.807) is 13.3 Å². The number of likely N-dealkylation sites (tertiary alicyclic amines) is 1. The van der Waals surface area contributed by atoms with Gasteiger partial charge in [-0.25, -0.2) is 4.98 Å². The van der Waals surface area contributed by atoms with E-state index in [0.717, 1.165) is 49.6 Å². The number of nitrogen functional groups attached to an aromatic ring is 1. The van der Waals surface area contributed by atoms with Crippen LogP contribution in [0.5, 0.6) is 5.75 Å². The second kappa shape index (κ2) is 9.11. The van der Waals surface area contributed by atoms with E-state index >= 15 is 0 Å². The van der Waals surface area contributed by atoms with Crippen molar-refractivity contribution in [2.45, 2.75) is 38.6 Å². The molecular formula is C28H36N8O2. The number of hydrogen-bond donors (Lipinski definition) is 3. The maximum atomic E-state index is 13.2. The number of hydrogen-bond acceptors (Lipinski definition) is 8. The topological polar surface area (TPSA) is 123 Å². The summed E-state index contributed by atoms with van der Waals surface area (Å²) < 4.78 is 7.62. The number of methoxy groups -OCH3 is 1. The van der Waals surface area contributed by atoms with Gasteiger partial charge in [0.05, 0.1) is 19.9 Å². The molecule has 4 heterocycles. The monoisotopic (exact) mass is 516 g/mol. The van der Waals surface area contributed by atoms with Crippen molar-refractivity contribution >= 4 is 28.7 Å². The fraction of sp³-hybridized carbons (Fsp3) is 0.571. The lowest BCUT2D eigenvalue weighted by atomic mass is 9.52. The van der Waals surface area contributed by atoms with Gasteiger partial charge in [-0.3, -0.25) is 9.48 Å². The molecule has 4 N–H and O–H groups in total. The summed E-state index contributed by atoms with van der Waals surface area (Å²) in [5.41, 5.74) is 9.81. The van der Waals surface area contributed by atoms with Crippen LogP contribution < -0.4 is 21.1 Å². The molecule has 38 heavy (non-hydrogen) atoms. The number of fused-ring (bicyclic) bond motifs is 2. The number of nitrogens with one attached hydrogen (secondary N) is 2. The molecule has 10 heteroatoms. The van der Waals surface area contributed by atoms with Crippen LogP contribution in [-0.2, 0) is 6.54 Å². The molecule has 4 fully saturated rings. The van der Waals surface area contributed by atoms with E-state index in [4.69, 9.17) is 10.5 Å². The number of carbonyl (C=O) groups is 1. The van der Waals surface area contributed by atoms with E-state index in [0.29, 0.717) is 46.5 Å². The Labute approximate surface area is 222 Å². The Bertz CT molecular complexity index is 1360. The molecule has 2 saturated carbocycles. The molecule has 200 valence electrons. The van der Waals surface area contributed by atoms with Gasteiger partial charge < -0.3 is 26.0 Å². The van der Waals surface area contributed by atoms with Gasteiger partial charge in [-0.2, -0.15) is 10.1 Å². The van der Waals surface area contributed by atoms with E-state index in [1.807, 2.05) is 27.8 Å². The summed E-state index contributed by atoms with van der Waals surface area (Å²) in [6, 6.07) is 5.73. The molecule has 1 amide bonds. The molecule has 2 aromatic heterocycles. The number of carbonyl (C=O) groups excluding carboxylic acids is 1. The van der Waals surface area contributed by atoms with Gasteiger partial charge in [0.15, 0.2) is 5.82 Å². The second-order valence-electron chi connectivity index (χ2n) is 11.9. The van der Waals surface area contributed by atoms with Gasteiger partial charge >= 0.3 is 0 Å². The molecule has 1 aromatic carbocycles. The van der Waals surface area contributed by atoms with Crippen molar-refractivity contribution in [2.24, 2.45) is 23.2 Å². The summed E-state index contributed by atoms with van der Waals surface area (Å²) in [6.07, 6.45) is 8.52. The van der Waals surface area contributed by atoms with Crippen LogP contribution >= 0.6 is 0 Å². The summed E-state index contributed by atoms with van der Waals surface area (Å²) in [4.78, 5) is 24.2. The van der Waals surface area contributed by atoms with Gasteiger partial charge in [-0.05, 0) is 61.0 Å². The Morgan fingerprint density at radius 2 is 2.00 bits per heavy atom. The number of benzene rings is 1. The van der Waals surface area contributed by atoms with Crippen LogP contribution in [0.1, 0.15) is 48.0 Å². The van der Waals surface area contributed by atoms with Crippen LogP contribution in [0, 0.1) is 23.2 Å². The number of ether oxygens (including phenoxy) is 1. The van der Waals surface area contributed by atoms with Crippen molar-refractivity contribution < 1.29 is 9.53 Å². The molecule has 2 saturated heterocycles. The Morgan fingerprint density at radius 3 is 2.71 bits per heavy atom. The van der Waals surface area contributed by atoms with Gasteiger partial charge in [0.25, 0.3) is 5.91 Å². The van der Waals surface area contributed by atoms with Crippen LogP contribution in [-0.4, -0.2) is 70.4 Å². The van der Waals surface area contributed by atoms with E-state index in [2.05, 4.69) is 25.7 Å². The minimum absolute atomic E-state index is 0.0730. The normalized spacial score (nSPS) is 23.9. The SMILES string of the molecule is COc1cc(C(=O)N2C[C@H]3CNC[C@H]3C2)ccc1Cn1ncc2nc(N)nc(NCC3CC4(CCC4)C3)c21. The van der Waals surface area contributed by atoms with Crippen molar-refractivity contribution in [1.82, 2.24) is 30.0 Å². The van der Waals surface area contributed by atoms with E-state index in [-0.39, 0.29) is 11.9 Å². The molecule has 10 nitrogen and oxygen atoms in total. The molecule has 2 aliphatic heterocycles. The summed E-state index contributed by atoms with van der Waals surface area (Å²) in [6.45, 7) is 4.99. The first kappa shape index (κ1) is 23.7. The lowest BCUT2D eigenvalue weighted by molar-refractivity contribution is -0.0185. The Kier molecular flexibility index (Phi) is 5.68. The van der Waals surface area contributed by atoms with Crippen LogP contribution in [0.2, 0.25) is 0 Å². The first-order valence-electron chi connectivity index (χ1n) is 13.9. The molecule has 1 spiro atoms. The second-order valence-corrected chi connectivity index (χ2v) is 11.9. The molecule has 0 bridgehead atoms. The average molecular weight is 517 g/mol. The number of rotatable bonds is 7. The molecule has 2 atom stereocenters. The highest BCUT2D eigenvalue weighted by molar-refractivity contribution is 5.95. The molecule has 0 radical (unpaired) electrons. The Balaban J connectivity index is 1.10. The van der Waals surface area contributed by atoms with Crippen molar-refractivity contribution in [3.05, 3.63) is 35.5 Å². The van der Waals surface area contributed by atoms with Crippen LogP contribution in [0.15, 0.2) is 24.4 Å². The summed E-state index contributed by atoms with van der Waals surface area (Å²) in [5, 5.41) is 11.6. The highest BCUT2D eigenvalue weighted by Gasteiger charge is 2.47. The van der Waals surface area contributed by atoms with Gasteiger partial charge in [-0.1, -0.05) is 12.5 Å². The van der Waals surface area contributed by atoms with Gasteiger partial charge in [0.2, 0.25) is 5.95 Å². The molecule has 0 unspecified atom stereocenters.